The molecule has 1 heterocycles. The Morgan fingerprint density at radius 2 is 2.38 bits per heavy atom. The first-order valence-corrected chi connectivity index (χ1v) is 5.07. The lowest BCUT2D eigenvalue weighted by Gasteiger charge is -2.12. The summed E-state index contributed by atoms with van der Waals surface area (Å²) in [7, 11) is 1.61. The molecule has 0 bridgehead atoms. The van der Waals surface area contributed by atoms with Crippen LogP contribution in [0.15, 0.2) is 43.0 Å². The van der Waals surface area contributed by atoms with Gasteiger partial charge in [-0.05, 0) is 17.7 Å². The molecule has 0 fully saturated rings. The van der Waals surface area contributed by atoms with Crippen molar-refractivity contribution >= 4 is 0 Å². The van der Waals surface area contributed by atoms with Crippen molar-refractivity contribution in [1.82, 2.24) is 9.55 Å². The van der Waals surface area contributed by atoms with E-state index in [-0.39, 0.29) is 0 Å². The highest BCUT2D eigenvalue weighted by atomic mass is 16.5. The van der Waals surface area contributed by atoms with Gasteiger partial charge in [0, 0.05) is 12.4 Å². The lowest BCUT2D eigenvalue weighted by Crippen LogP contribution is -2.07. The second-order valence-corrected chi connectivity index (χ2v) is 3.55. The zero-order valence-electron chi connectivity index (χ0n) is 9.08. The minimum atomic E-state index is -0.552. The van der Waals surface area contributed by atoms with E-state index in [4.69, 9.17) is 4.74 Å². The van der Waals surface area contributed by atoms with Crippen LogP contribution in [-0.4, -0.2) is 21.8 Å². The van der Waals surface area contributed by atoms with Gasteiger partial charge in [-0.3, -0.25) is 0 Å². The predicted octanol–water partition coefficient (Wildman–Crippen LogP) is 1.63. The largest absolute Gasteiger partial charge is 0.497 e. The molecule has 0 amide bonds. The third-order valence-electron chi connectivity index (χ3n) is 2.42. The molecular weight excluding hydrogens is 204 g/mol. The van der Waals surface area contributed by atoms with Gasteiger partial charge in [0.05, 0.1) is 26.1 Å². The lowest BCUT2D eigenvalue weighted by molar-refractivity contribution is 0.156. The average molecular weight is 218 g/mol. The van der Waals surface area contributed by atoms with Gasteiger partial charge in [0.1, 0.15) is 5.75 Å². The fourth-order valence-electron chi connectivity index (χ4n) is 1.55. The van der Waals surface area contributed by atoms with Crippen molar-refractivity contribution in [2.45, 2.75) is 12.6 Å². The number of methoxy groups -OCH3 is 1. The summed E-state index contributed by atoms with van der Waals surface area (Å²) in [4.78, 5) is 3.93. The SMILES string of the molecule is COc1cccc(C(O)Cn2ccnc2)c1. The number of imidazole rings is 1. The van der Waals surface area contributed by atoms with E-state index in [9.17, 15) is 5.11 Å². The number of aliphatic hydroxyl groups is 1. The molecule has 1 N–H and O–H groups in total. The zero-order chi connectivity index (χ0) is 11.4. The van der Waals surface area contributed by atoms with Crippen LogP contribution < -0.4 is 4.74 Å². The standard InChI is InChI=1S/C12H14N2O2/c1-16-11-4-2-3-10(7-11)12(15)8-14-6-5-13-9-14/h2-7,9,12,15H,8H2,1H3. The van der Waals surface area contributed by atoms with Gasteiger partial charge in [0.25, 0.3) is 0 Å². The van der Waals surface area contributed by atoms with Gasteiger partial charge in [-0.2, -0.15) is 0 Å². The minimum absolute atomic E-state index is 0.493. The maximum Gasteiger partial charge on any atom is 0.119 e. The second-order valence-electron chi connectivity index (χ2n) is 3.55. The van der Waals surface area contributed by atoms with Gasteiger partial charge < -0.3 is 14.4 Å². The minimum Gasteiger partial charge on any atom is -0.497 e. The van der Waals surface area contributed by atoms with Crippen LogP contribution in [0, 0.1) is 0 Å². The summed E-state index contributed by atoms with van der Waals surface area (Å²) in [6.45, 7) is 0.493. The quantitative estimate of drug-likeness (QED) is 0.848. The molecule has 84 valence electrons. The average Bonchev–Trinajstić information content (AvgIpc) is 2.82. The molecule has 16 heavy (non-hydrogen) atoms. The van der Waals surface area contributed by atoms with Crippen molar-refractivity contribution in [3.05, 3.63) is 48.5 Å². The van der Waals surface area contributed by atoms with E-state index in [0.29, 0.717) is 6.54 Å². The number of aliphatic hydroxyl groups excluding tert-OH is 1. The number of ether oxygens (including phenoxy) is 1. The first kappa shape index (κ1) is 10.7. The van der Waals surface area contributed by atoms with Crippen molar-refractivity contribution in [2.24, 2.45) is 0 Å². The first-order valence-electron chi connectivity index (χ1n) is 5.07. The fourth-order valence-corrected chi connectivity index (χ4v) is 1.55. The van der Waals surface area contributed by atoms with Crippen LogP contribution in [0.25, 0.3) is 0 Å². The van der Waals surface area contributed by atoms with E-state index in [2.05, 4.69) is 4.98 Å². The number of rotatable bonds is 4. The third kappa shape index (κ3) is 2.41. The summed E-state index contributed by atoms with van der Waals surface area (Å²) in [6, 6.07) is 7.43. The van der Waals surface area contributed by atoms with Crippen molar-refractivity contribution in [3.8, 4) is 5.75 Å². The molecule has 1 unspecified atom stereocenters. The molecule has 0 aliphatic carbocycles. The van der Waals surface area contributed by atoms with Crippen molar-refractivity contribution < 1.29 is 9.84 Å². The normalized spacial score (nSPS) is 12.4. The van der Waals surface area contributed by atoms with Crippen LogP contribution >= 0.6 is 0 Å². The number of benzene rings is 1. The number of nitrogens with zero attached hydrogens (tertiary/aromatic N) is 2. The number of aromatic nitrogens is 2. The zero-order valence-corrected chi connectivity index (χ0v) is 9.08. The second kappa shape index (κ2) is 4.81. The monoisotopic (exact) mass is 218 g/mol. The molecule has 1 aromatic carbocycles. The van der Waals surface area contributed by atoms with Gasteiger partial charge in [-0.1, -0.05) is 12.1 Å². The van der Waals surface area contributed by atoms with Crippen molar-refractivity contribution in [1.29, 1.82) is 0 Å². The summed E-state index contributed by atoms with van der Waals surface area (Å²) in [5.41, 5.74) is 0.841. The molecule has 2 aromatic rings. The molecule has 0 radical (unpaired) electrons. The van der Waals surface area contributed by atoms with Gasteiger partial charge in [0.2, 0.25) is 0 Å². The maximum atomic E-state index is 10.0. The summed E-state index contributed by atoms with van der Waals surface area (Å²) in [6.07, 6.45) is 4.65. The van der Waals surface area contributed by atoms with Gasteiger partial charge in [-0.25, -0.2) is 4.98 Å². The Kier molecular flexibility index (Phi) is 3.22. The molecule has 2 rings (SSSR count). The van der Waals surface area contributed by atoms with Crippen LogP contribution in [0.4, 0.5) is 0 Å². The molecule has 0 saturated carbocycles. The van der Waals surface area contributed by atoms with Crippen LogP contribution in [0.3, 0.4) is 0 Å². The van der Waals surface area contributed by atoms with Gasteiger partial charge in [-0.15, -0.1) is 0 Å². The topological polar surface area (TPSA) is 47.3 Å². The molecule has 1 atom stereocenters. The van der Waals surface area contributed by atoms with Crippen LogP contribution in [-0.2, 0) is 6.54 Å². The molecular formula is C12H14N2O2. The smallest absolute Gasteiger partial charge is 0.119 e. The molecule has 4 heteroatoms. The highest BCUT2D eigenvalue weighted by Gasteiger charge is 2.08. The molecule has 4 nitrogen and oxygen atoms in total. The van der Waals surface area contributed by atoms with Crippen LogP contribution in [0.5, 0.6) is 5.75 Å². The summed E-state index contributed by atoms with van der Waals surface area (Å²) in [5.74, 6) is 0.752. The lowest BCUT2D eigenvalue weighted by atomic mass is 10.1. The van der Waals surface area contributed by atoms with Gasteiger partial charge in [0.15, 0.2) is 0 Å². The van der Waals surface area contributed by atoms with E-state index >= 15 is 0 Å². The van der Waals surface area contributed by atoms with Crippen LogP contribution in [0.2, 0.25) is 0 Å². The van der Waals surface area contributed by atoms with Crippen molar-refractivity contribution in [3.63, 3.8) is 0 Å². The Hall–Kier alpha value is -1.81. The van der Waals surface area contributed by atoms with E-state index in [1.54, 1.807) is 19.6 Å². The predicted molar refractivity (Wildman–Crippen MR) is 60.2 cm³/mol. The Balaban J connectivity index is 2.11. The van der Waals surface area contributed by atoms with E-state index in [1.165, 1.54) is 0 Å². The maximum absolute atomic E-state index is 10.0. The third-order valence-corrected chi connectivity index (χ3v) is 2.42. The number of hydrogen-bond acceptors (Lipinski definition) is 3. The van der Waals surface area contributed by atoms with Crippen molar-refractivity contribution in [2.75, 3.05) is 7.11 Å². The molecule has 0 aliphatic heterocycles. The van der Waals surface area contributed by atoms with E-state index in [1.807, 2.05) is 35.0 Å². The summed E-state index contributed by atoms with van der Waals surface area (Å²) in [5, 5.41) is 10.0. The van der Waals surface area contributed by atoms with E-state index < -0.39 is 6.10 Å². The summed E-state index contributed by atoms with van der Waals surface area (Å²) >= 11 is 0. The highest BCUT2D eigenvalue weighted by Crippen LogP contribution is 2.20. The molecule has 0 aliphatic rings. The first-order chi connectivity index (χ1) is 7.79. The fraction of sp³-hybridized carbons (Fsp3) is 0.250. The molecule has 0 spiro atoms. The van der Waals surface area contributed by atoms with Gasteiger partial charge >= 0.3 is 0 Å². The number of hydrogen-bond donors (Lipinski definition) is 1. The molecule has 0 saturated heterocycles. The van der Waals surface area contributed by atoms with Crippen LogP contribution in [0.1, 0.15) is 11.7 Å². The Morgan fingerprint density at radius 3 is 3.06 bits per heavy atom. The summed E-state index contributed by atoms with van der Waals surface area (Å²) < 4.78 is 6.95. The van der Waals surface area contributed by atoms with E-state index in [0.717, 1.165) is 11.3 Å². The Labute approximate surface area is 94.1 Å². The Morgan fingerprint density at radius 1 is 1.50 bits per heavy atom. The highest BCUT2D eigenvalue weighted by molar-refractivity contribution is 5.29. The molecule has 1 aromatic heterocycles. The Bertz CT molecular complexity index is 440.